The van der Waals surface area contributed by atoms with E-state index in [4.69, 9.17) is 67.0 Å². The van der Waals surface area contributed by atoms with Gasteiger partial charge in [-0.05, 0) is 218 Å². The molecule has 8 aliphatic rings. The lowest BCUT2D eigenvalue weighted by Crippen LogP contribution is -2.40. The van der Waals surface area contributed by atoms with Crippen LogP contribution in [-0.4, -0.2) is 226 Å². The van der Waals surface area contributed by atoms with Gasteiger partial charge in [0.15, 0.2) is 29.6 Å². The van der Waals surface area contributed by atoms with Gasteiger partial charge in [0.2, 0.25) is 17.7 Å². The number of likely N-dealkylation sites (tertiary alicyclic amines) is 4. The van der Waals surface area contributed by atoms with E-state index >= 15 is 0 Å². The second-order valence-electron chi connectivity index (χ2n) is 37.1. The molecule has 14 aromatic rings. The number of anilines is 4. The molecule has 38 heteroatoms. The maximum absolute atomic E-state index is 13.0. The van der Waals surface area contributed by atoms with Gasteiger partial charge in [0.1, 0.15) is 73.9 Å². The van der Waals surface area contributed by atoms with Crippen LogP contribution in [0.15, 0.2) is 208 Å². The monoisotopic (exact) mass is 1920 g/mol. The first kappa shape index (κ1) is 94.8. The molecule has 3 aliphatic carbocycles. The lowest BCUT2D eigenvalue weighted by atomic mass is 10.1. The molecule has 13 heterocycles. The highest BCUT2D eigenvalue weighted by Crippen LogP contribution is 2.53. The number of ether oxygens (including phenoxy) is 5. The molecule has 142 heavy (non-hydrogen) atoms. The zero-order valence-electron chi connectivity index (χ0n) is 79.0. The van der Waals surface area contributed by atoms with E-state index in [9.17, 15) is 38.4 Å². The lowest BCUT2D eigenvalue weighted by Gasteiger charge is -2.32. The molecule has 8 aromatic heterocycles. The Kier molecular flexibility index (Phi) is 27.7. The number of nitrogens with two attached hydrogens (primary N) is 4. The molecular weight excluding hydrogens is 1810 g/mol. The number of aromatic amines is 4. The minimum Gasteiger partial charge on any atom is -0.490 e. The zero-order chi connectivity index (χ0) is 98.5. The summed E-state index contributed by atoms with van der Waals surface area (Å²) in [5.41, 5.74) is 34.0. The number of hydrogen-bond donors (Lipinski definition) is 8. The van der Waals surface area contributed by atoms with Crippen molar-refractivity contribution in [3.63, 3.8) is 0 Å². The molecule has 5 aliphatic heterocycles. The number of likely N-dealkylation sites (N-methyl/N-ethyl adjacent to an activating group) is 1. The second kappa shape index (κ2) is 41.5. The normalized spacial score (nSPS) is 19.5. The van der Waals surface area contributed by atoms with Crippen LogP contribution in [0.2, 0.25) is 0 Å². The molecule has 7 fully saturated rings. The summed E-state index contributed by atoms with van der Waals surface area (Å²) in [6, 6.07) is 47.9. The van der Waals surface area contributed by atoms with Gasteiger partial charge in [-0.1, -0.05) is 91.9 Å². The molecule has 2 unspecified atom stereocenters. The molecule has 12 N–H and O–H groups in total. The Labute approximate surface area is 814 Å². The van der Waals surface area contributed by atoms with Crippen LogP contribution in [-0.2, 0) is 41.5 Å². The lowest BCUT2D eigenvalue weighted by molar-refractivity contribution is -0.128. The fourth-order valence-corrected chi connectivity index (χ4v) is 20.4. The number of nitrogen functional groups attached to an aromatic ring is 4. The first-order chi connectivity index (χ1) is 69.0. The third-order valence-electron chi connectivity index (χ3n) is 27.4. The van der Waals surface area contributed by atoms with Gasteiger partial charge in [-0.3, -0.25) is 57.1 Å². The first-order valence-electron chi connectivity index (χ1n) is 48.0. The van der Waals surface area contributed by atoms with Crippen molar-refractivity contribution in [2.75, 3.05) is 109 Å². The molecule has 0 radical (unpaired) electrons. The van der Waals surface area contributed by atoms with E-state index in [-0.39, 0.29) is 106 Å². The fraction of sp³-hybridized carbons (Fsp3) is 0.346. The van der Waals surface area contributed by atoms with Gasteiger partial charge in [-0.15, -0.1) is 0 Å². The number of carbonyl (C=O) groups is 4. The van der Waals surface area contributed by atoms with Crippen LogP contribution < -0.4 is 59.4 Å². The number of rotatable bonds is 20. The van der Waals surface area contributed by atoms with Crippen LogP contribution in [0.1, 0.15) is 125 Å². The number of piperidine rings is 4. The third kappa shape index (κ3) is 20.1. The van der Waals surface area contributed by atoms with Crippen molar-refractivity contribution in [1.29, 1.82) is 0 Å². The topological polar surface area (TPSA) is 489 Å². The number of para-hydroxylation sites is 1. The number of benzene rings is 6. The average Bonchev–Trinajstić information content (AvgIpc) is 1.61. The van der Waals surface area contributed by atoms with Crippen molar-refractivity contribution in [2.24, 2.45) is 11.8 Å². The number of fused-ring (bicyclic) bond motifs is 6. The van der Waals surface area contributed by atoms with Crippen molar-refractivity contribution in [3.05, 3.63) is 247 Å². The quantitative estimate of drug-likeness (QED) is 0.0259. The van der Waals surface area contributed by atoms with E-state index in [0.717, 1.165) is 134 Å². The van der Waals surface area contributed by atoms with Crippen molar-refractivity contribution in [2.45, 2.75) is 133 Å². The highest BCUT2D eigenvalue weighted by Gasteiger charge is 2.47. The van der Waals surface area contributed by atoms with E-state index in [1.165, 1.54) is 29.7 Å². The number of amides is 4. The Balaban J connectivity index is 0.000000121. The Hall–Kier alpha value is -16.1. The molecule has 6 atom stereocenters. The third-order valence-corrected chi connectivity index (χ3v) is 27.4. The molecule has 5 saturated heterocycles. The van der Waals surface area contributed by atoms with Gasteiger partial charge in [0, 0.05) is 106 Å². The molecule has 4 amide bonds. The number of aromatic nitrogens is 16. The molecular formula is C104H111N25O13. The van der Waals surface area contributed by atoms with Gasteiger partial charge in [-0.2, -0.15) is 40.8 Å². The summed E-state index contributed by atoms with van der Waals surface area (Å²) in [7, 11) is 3.92. The van der Waals surface area contributed by atoms with E-state index in [0.29, 0.717) is 150 Å². The molecule has 2 saturated carbocycles. The predicted molar refractivity (Wildman–Crippen MR) is 538 cm³/mol. The minimum atomic E-state index is -0.381. The fourth-order valence-electron chi connectivity index (χ4n) is 20.4. The standard InChI is InChI=1S/C31H35N7O3.C26H24N6O3.C25H28N6O3.C22H24N6O4/c1-36(2)15-6-10-26(39)37-16-5-9-23(19-37)38-29-27(30(32)33-34-31(29)40)28(35-38)20-11-13-24(14-12-20)41-25-17-21-7-3-4-8-22(21)18-25;1-2-7-21(33)31-15-6-8-18(16-31)32-24-22(25(27)28-29-26(24)34)23(30-32)17-11-13-20(14-12-17)35-19-9-4-3-5-10-19;1-2-20(32)30-9-3-4-17(13-30)31-23-21(24(26)27-28-25(23)33)22(29-31)14-5-7-18(8-6-14)34-19-11-15-10-16(15)12-19;1-2-16(29)27-9-3-4-15(12-27)28-19-17(20(23)24-25-21(19)30)18(26-28)13-5-7-14(8-6-13)22-31-10-11-32-22/h3-4,6-8,10-14,23,25H,5,9,15-19H2,1-2H3,(H2,32,33)(H,34,40);3-5,9-14,18H,6,8,15-16H2,1H3,(H2,27,28)(H,29,34);2,5-8,15-17,19H,1,3-4,9-13H2,(H2,26,27)(H,28,33);2,5-8,15,22H,1,3-4,9-12H2,(H2,23,24)(H,25,30)/b10-6+;;;/t23-;18-;15?,16?,17-,19?;15-/m1111/s1. The predicted octanol–water partition coefficient (Wildman–Crippen LogP) is 11.2. The van der Waals surface area contributed by atoms with Crippen LogP contribution in [0.25, 0.3) is 88.6 Å². The summed E-state index contributed by atoms with van der Waals surface area (Å²) < 4.78 is 36.3. The van der Waals surface area contributed by atoms with Gasteiger partial charge in [-0.25, -0.2) is 20.4 Å². The van der Waals surface area contributed by atoms with Crippen LogP contribution in [0.3, 0.4) is 0 Å². The summed E-state index contributed by atoms with van der Waals surface area (Å²) in [6.45, 7) is 15.0. The molecule has 22 rings (SSSR count). The van der Waals surface area contributed by atoms with Gasteiger partial charge < -0.3 is 71.1 Å². The average molecular weight is 1920 g/mol. The van der Waals surface area contributed by atoms with Crippen LogP contribution >= 0.6 is 0 Å². The largest absolute Gasteiger partial charge is 0.490 e. The molecule has 6 aromatic carbocycles. The molecule has 0 spiro atoms. The highest BCUT2D eigenvalue weighted by atomic mass is 16.7. The zero-order valence-corrected chi connectivity index (χ0v) is 79.0. The van der Waals surface area contributed by atoms with Crippen molar-refractivity contribution < 1.29 is 42.9 Å². The summed E-state index contributed by atoms with van der Waals surface area (Å²) in [4.78, 5) is 110. The second-order valence-corrected chi connectivity index (χ2v) is 37.1. The number of nitrogens with zero attached hydrogens (tertiary/aromatic N) is 17. The summed E-state index contributed by atoms with van der Waals surface area (Å²) in [5.74, 6) is 10.3. The van der Waals surface area contributed by atoms with Gasteiger partial charge >= 0.3 is 0 Å². The summed E-state index contributed by atoms with van der Waals surface area (Å²) in [5, 5.41) is 47.3. The van der Waals surface area contributed by atoms with E-state index in [1.807, 2.05) is 157 Å². The van der Waals surface area contributed by atoms with Crippen molar-refractivity contribution >= 4 is 90.5 Å². The number of hydrogen-bond acceptors (Lipinski definition) is 26. The Morgan fingerprint density at radius 1 is 0.444 bits per heavy atom. The van der Waals surface area contributed by atoms with Gasteiger partial charge in [0.25, 0.3) is 28.1 Å². The summed E-state index contributed by atoms with van der Waals surface area (Å²) in [6.07, 6.45) is 18.0. The van der Waals surface area contributed by atoms with E-state index in [1.54, 1.807) is 46.4 Å². The Morgan fingerprint density at radius 2 is 0.789 bits per heavy atom. The summed E-state index contributed by atoms with van der Waals surface area (Å²) >= 11 is 0. The SMILES string of the molecule is C=CC(=O)N1CCC[C@@H](n2nc(-c3ccc(C4OCCO4)cc3)c3c(N)n[nH]c(=O)c32)C1.C=CC(=O)N1CCC[C@@H](n2nc(-c3ccc(OC4CC5CC5C4)cc3)c3c(N)n[nH]c(=O)c32)C1.CC#CC(=O)N1CCC[C@@H](n2nc(-c3ccc(Oc4ccccc4)cc3)c3c(N)n[nH]c(=O)c32)C1.CN(C)C/C=C/C(=O)N1CCC[C@@H](n2nc(-c3ccc(OC4Cc5ccccc5C4)cc3)c3c(N)n[nH]c(=O)c32)C1. The van der Waals surface area contributed by atoms with Crippen molar-refractivity contribution in [1.82, 2.24) is 104 Å². The molecule has 38 nitrogen and oxygen atoms in total. The molecule has 0 bridgehead atoms. The first-order valence-corrected chi connectivity index (χ1v) is 48.0. The maximum Gasteiger partial charge on any atom is 0.298 e. The van der Waals surface area contributed by atoms with E-state index in [2.05, 4.69) is 90.1 Å². The number of nitrogens with one attached hydrogen (secondary N) is 4. The number of H-pyrrole nitrogens is 4. The van der Waals surface area contributed by atoms with E-state index < -0.39 is 0 Å². The smallest absolute Gasteiger partial charge is 0.298 e. The highest BCUT2D eigenvalue weighted by molar-refractivity contribution is 6.03. The van der Waals surface area contributed by atoms with Gasteiger partial charge in [0.05, 0.1) is 65.0 Å². The van der Waals surface area contributed by atoms with Crippen LogP contribution in [0.4, 0.5) is 23.3 Å². The molecule has 730 valence electrons. The Bertz CT molecular complexity index is 7420. The van der Waals surface area contributed by atoms with Crippen molar-refractivity contribution in [3.8, 4) is 79.9 Å². The van der Waals surface area contributed by atoms with Crippen LogP contribution in [0.5, 0.6) is 23.0 Å². The van der Waals surface area contributed by atoms with Crippen LogP contribution in [0, 0.1) is 23.7 Å². The maximum atomic E-state index is 13.0. The minimum absolute atomic E-state index is 0.0377. The number of carbonyl (C=O) groups excluding carboxylic acids is 4. The Morgan fingerprint density at radius 3 is 1.17 bits per heavy atom.